The third-order valence-electron chi connectivity index (χ3n) is 4.01. The van der Waals surface area contributed by atoms with Gasteiger partial charge in [0.05, 0.1) is 18.0 Å². The number of nitrogens with one attached hydrogen (secondary N) is 2. The van der Waals surface area contributed by atoms with E-state index in [9.17, 15) is 18.0 Å². The number of amides is 1. The fraction of sp³-hybridized carbons (Fsp3) is 0.150. The zero-order chi connectivity index (χ0) is 20.3. The van der Waals surface area contributed by atoms with Crippen LogP contribution in [0.5, 0.6) is 0 Å². The number of alkyl halides is 3. The van der Waals surface area contributed by atoms with Crippen molar-refractivity contribution in [3.05, 3.63) is 77.2 Å². The molecule has 0 unspecified atom stereocenters. The Morgan fingerprint density at radius 1 is 0.964 bits per heavy atom. The van der Waals surface area contributed by atoms with Gasteiger partial charge in [0.15, 0.2) is 0 Å². The molecule has 0 atom stereocenters. The number of hydrogen-bond acceptors (Lipinski definition) is 4. The number of anilines is 3. The monoisotopic (exact) mass is 386 g/mol. The molecular formula is C20H17F3N4O. The van der Waals surface area contributed by atoms with Crippen LogP contribution in [-0.2, 0) is 6.18 Å². The normalized spacial score (nSPS) is 11.2. The largest absolute Gasteiger partial charge is 0.416 e. The number of carbonyl (C=O) groups excluding carboxylic acids is 1. The van der Waals surface area contributed by atoms with Crippen molar-refractivity contribution in [2.75, 3.05) is 10.6 Å². The van der Waals surface area contributed by atoms with Gasteiger partial charge in [-0.3, -0.25) is 4.79 Å². The molecule has 3 rings (SSSR count). The number of nitrogens with zero attached hydrogens (tertiary/aromatic N) is 2. The lowest BCUT2D eigenvalue weighted by molar-refractivity contribution is -0.137. The van der Waals surface area contributed by atoms with E-state index < -0.39 is 17.6 Å². The second kappa shape index (κ2) is 7.67. The van der Waals surface area contributed by atoms with Crippen LogP contribution in [0, 0.1) is 13.8 Å². The molecule has 0 saturated carbocycles. The molecule has 2 N–H and O–H groups in total. The van der Waals surface area contributed by atoms with Crippen molar-refractivity contribution < 1.29 is 18.0 Å². The number of benzene rings is 2. The summed E-state index contributed by atoms with van der Waals surface area (Å²) in [5.74, 6) is -0.0923. The maximum Gasteiger partial charge on any atom is 0.416 e. The van der Waals surface area contributed by atoms with Crippen molar-refractivity contribution in [2.45, 2.75) is 20.0 Å². The van der Waals surface area contributed by atoms with Crippen LogP contribution in [0.3, 0.4) is 0 Å². The number of aromatic nitrogens is 2. The molecule has 0 aliphatic heterocycles. The quantitative estimate of drug-likeness (QED) is 0.654. The van der Waals surface area contributed by atoms with E-state index in [1.807, 2.05) is 32.0 Å². The molecule has 1 heterocycles. The van der Waals surface area contributed by atoms with Crippen molar-refractivity contribution in [1.82, 2.24) is 9.97 Å². The number of carbonyl (C=O) groups is 1. The van der Waals surface area contributed by atoms with Gasteiger partial charge in [-0.1, -0.05) is 12.1 Å². The van der Waals surface area contributed by atoms with Gasteiger partial charge in [0.1, 0.15) is 11.5 Å². The topological polar surface area (TPSA) is 66.9 Å². The Balaban J connectivity index is 1.67. The molecule has 1 aromatic heterocycles. The van der Waals surface area contributed by atoms with Crippen LogP contribution in [0.4, 0.5) is 30.4 Å². The first-order valence-electron chi connectivity index (χ1n) is 8.37. The maximum absolute atomic E-state index is 12.6. The summed E-state index contributed by atoms with van der Waals surface area (Å²) in [5.41, 5.74) is 2.45. The Morgan fingerprint density at radius 3 is 2.29 bits per heavy atom. The van der Waals surface area contributed by atoms with E-state index >= 15 is 0 Å². The molecule has 5 nitrogen and oxygen atoms in total. The highest BCUT2D eigenvalue weighted by atomic mass is 19.4. The molecule has 1 amide bonds. The Morgan fingerprint density at radius 2 is 1.68 bits per heavy atom. The van der Waals surface area contributed by atoms with Crippen molar-refractivity contribution in [1.29, 1.82) is 0 Å². The molecule has 0 spiro atoms. The van der Waals surface area contributed by atoms with Crippen LogP contribution < -0.4 is 10.6 Å². The number of rotatable bonds is 4. The fourth-order valence-electron chi connectivity index (χ4n) is 2.46. The number of hydrogen-bond donors (Lipinski definition) is 2. The zero-order valence-electron chi connectivity index (χ0n) is 15.1. The summed E-state index contributed by atoms with van der Waals surface area (Å²) in [4.78, 5) is 20.5. The van der Waals surface area contributed by atoms with Gasteiger partial charge in [0, 0.05) is 11.4 Å². The zero-order valence-corrected chi connectivity index (χ0v) is 15.1. The highest BCUT2D eigenvalue weighted by molar-refractivity contribution is 6.03. The predicted octanol–water partition coefficient (Wildman–Crippen LogP) is 5.11. The van der Waals surface area contributed by atoms with Crippen LogP contribution in [0.15, 0.2) is 54.9 Å². The molecule has 0 aliphatic carbocycles. The lowest BCUT2D eigenvalue weighted by Crippen LogP contribution is -2.15. The van der Waals surface area contributed by atoms with Gasteiger partial charge < -0.3 is 10.6 Å². The van der Waals surface area contributed by atoms with Crippen LogP contribution in [0.1, 0.15) is 27.2 Å². The van der Waals surface area contributed by atoms with Crippen LogP contribution >= 0.6 is 0 Å². The van der Waals surface area contributed by atoms with E-state index in [0.29, 0.717) is 17.2 Å². The molecule has 2 aromatic carbocycles. The van der Waals surface area contributed by atoms with Crippen LogP contribution in [0.2, 0.25) is 0 Å². The van der Waals surface area contributed by atoms with E-state index in [0.717, 1.165) is 23.3 Å². The SMILES string of the molecule is Cc1ccc(C)c(NC(=O)c2cnc(Nc3ccc(C(F)(F)F)cc3)cn2)c1. The molecule has 0 radical (unpaired) electrons. The summed E-state index contributed by atoms with van der Waals surface area (Å²) >= 11 is 0. The fourth-order valence-corrected chi connectivity index (χ4v) is 2.46. The van der Waals surface area contributed by atoms with E-state index in [1.165, 1.54) is 24.5 Å². The van der Waals surface area contributed by atoms with E-state index in [-0.39, 0.29) is 5.69 Å². The Kier molecular flexibility index (Phi) is 5.30. The maximum atomic E-state index is 12.6. The van der Waals surface area contributed by atoms with Gasteiger partial charge in [-0.15, -0.1) is 0 Å². The second-order valence-electron chi connectivity index (χ2n) is 6.26. The van der Waals surface area contributed by atoms with Crippen LogP contribution in [0.25, 0.3) is 0 Å². The third-order valence-corrected chi connectivity index (χ3v) is 4.01. The first-order valence-corrected chi connectivity index (χ1v) is 8.37. The highest BCUT2D eigenvalue weighted by Crippen LogP contribution is 2.30. The van der Waals surface area contributed by atoms with Gasteiger partial charge >= 0.3 is 6.18 Å². The molecule has 3 aromatic rings. The molecule has 0 fully saturated rings. The summed E-state index contributed by atoms with van der Waals surface area (Å²) in [6, 6.07) is 10.3. The molecular weight excluding hydrogens is 369 g/mol. The Hall–Kier alpha value is -3.42. The summed E-state index contributed by atoms with van der Waals surface area (Å²) in [5, 5.41) is 5.63. The number of halogens is 3. The molecule has 8 heteroatoms. The van der Waals surface area contributed by atoms with E-state index in [4.69, 9.17) is 0 Å². The Labute approximate surface area is 159 Å². The lowest BCUT2D eigenvalue weighted by Gasteiger charge is -2.10. The van der Waals surface area contributed by atoms with Crippen molar-refractivity contribution >= 4 is 23.1 Å². The minimum atomic E-state index is -4.39. The van der Waals surface area contributed by atoms with E-state index in [2.05, 4.69) is 20.6 Å². The molecule has 0 aliphatic rings. The predicted molar refractivity (Wildman–Crippen MR) is 101 cm³/mol. The summed E-state index contributed by atoms with van der Waals surface area (Å²) < 4.78 is 37.8. The first-order chi connectivity index (χ1) is 13.2. The summed E-state index contributed by atoms with van der Waals surface area (Å²) in [6.45, 7) is 3.81. The van der Waals surface area contributed by atoms with E-state index in [1.54, 1.807) is 0 Å². The van der Waals surface area contributed by atoms with Gasteiger partial charge in [-0.2, -0.15) is 13.2 Å². The Bertz CT molecular complexity index is 984. The average molecular weight is 386 g/mol. The molecule has 144 valence electrons. The summed E-state index contributed by atoms with van der Waals surface area (Å²) in [6.07, 6.45) is -1.74. The van der Waals surface area contributed by atoms with Crippen molar-refractivity contribution in [2.24, 2.45) is 0 Å². The van der Waals surface area contributed by atoms with Gasteiger partial charge in [-0.25, -0.2) is 9.97 Å². The smallest absolute Gasteiger partial charge is 0.339 e. The highest BCUT2D eigenvalue weighted by Gasteiger charge is 2.29. The molecule has 28 heavy (non-hydrogen) atoms. The average Bonchev–Trinajstić information content (AvgIpc) is 2.65. The van der Waals surface area contributed by atoms with Gasteiger partial charge in [0.2, 0.25) is 0 Å². The van der Waals surface area contributed by atoms with Gasteiger partial charge in [0.25, 0.3) is 5.91 Å². The van der Waals surface area contributed by atoms with Crippen molar-refractivity contribution in [3.8, 4) is 0 Å². The van der Waals surface area contributed by atoms with Gasteiger partial charge in [-0.05, 0) is 55.3 Å². The number of aryl methyl sites for hydroxylation is 2. The van der Waals surface area contributed by atoms with Crippen molar-refractivity contribution in [3.63, 3.8) is 0 Å². The lowest BCUT2D eigenvalue weighted by atomic mass is 10.1. The first kappa shape index (κ1) is 19.3. The third kappa shape index (κ3) is 4.64. The second-order valence-corrected chi connectivity index (χ2v) is 6.26. The van der Waals surface area contributed by atoms with Crippen LogP contribution in [-0.4, -0.2) is 15.9 Å². The minimum Gasteiger partial charge on any atom is -0.339 e. The molecule has 0 bridgehead atoms. The molecule has 0 saturated heterocycles. The summed E-state index contributed by atoms with van der Waals surface area (Å²) in [7, 11) is 0. The minimum absolute atomic E-state index is 0.124. The standard InChI is InChI=1S/C20H17F3N4O/c1-12-3-4-13(2)16(9-12)27-19(28)17-10-25-18(11-24-17)26-15-7-5-14(6-8-15)20(21,22)23/h3-11H,1-2H3,(H,25,26)(H,27,28).